The molecule has 0 aliphatic rings. The highest BCUT2D eigenvalue weighted by atomic mass is 32.2. The number of hydrogen-bond acceptors (Lipinski definition) is 6. The van der Waals surface area contributed by atoms with Crippen molar-refractivity contribution in [3.8, 4) is 0 Å². The highest BCUT2D eigenvalue weighted by Crippen LogP contribution is 2.12. The van der Waals surface area contributed by atoms with Crippen molar-refractivity contribution in [2.24, 2.45) is 11.8 Å². The first-order chi connectivity index (χ1) is 10.6. The van der Waals surface area contributed by atoms with Crippen LogP contribution in [0.3, 0.4) is 0 Å². The van der Waals surface area contributed by atoms with E-state index in [1.54, 1.807) is 27.7 Å². The molecular formula is C15H26N2O4S2. The van der Waals surface area contributed by atoms with Gasteiger partial charge in [0.2, 0.25) is 11.8 Å². The molecule has 0 aromatic carbocycles. The van der Waals surface area contributed by atoms with Gasteiger partial charge in [-0.25, -0.2) is 0 Å². The molecule has 0 fully saturated rings. The lowest BCUT2D eigenvalue weighted by Gasteiger charge is -2.19. The second-order valence-corrected chi connectivity index (χ2v) is 7.93. The normalized spacial score (nSPS) is 12.1. The van der Waals surface area contributed by atoms with Crippen molar-refractivity contribution in [1.29, 1.82) is 0 Å². The lowest BCUT2D eigenvalue weighted by molar-refractivity contribution is -0.130. The molecule has 0 aliphatic carbocycles. The molecule has 6 nitrogen and oxygen atoms in total. The van der Waals surface area contributed by atoms with E-state index in [0.717, 1.165) is 23.5 Å². The minimum absolute atomic E-state index is 0.0120. The van der Waals surface area contributed by atoms with Crippen molar-refractivity contribution in [3.63, 3.8) is 0 Å². The Balaban J connectivity index is 4.56. The van der Waals surface area contributed by atoms with E-state index < -0.39 is 6.04 Å². The van der Waals surface area contributed by atoms with Gasteiger partial charge in [-0.15, -0.1) is 0 Å². The Bertz CT molecular complexity index is 439. The highest BCUT2D eigenvalue weighted by molar-refractivity contribution is 8.13. The number of rotatable bonds is 9. The molecule has 0 heterocycles. The molecule has 8 heteroatoms. The predicted octanol–water partition coefficient (Wildman–Crippen LogP) is 1.44. The van der Waals surface area contributed by atoms with Crippen LogP contribution in [0.1, 0.15) is 34.6 Å². The molecule has 0 unspecified atom stereocenters. The fourth-order valence-corrected chi connectivity index (χ4v) is 2.74. The van der Waals surface area contributed by atoms with Gasteiger partial charge in [-0.3, -0.25) is 19.2 Å². The van der Waals surface area contributed by atoms with Crippen molar-refractivity contribution < 1.29 is 19.2 Å². The molecular weight excluding hydrogens is 336 g/mol. The van der Waals surface area contributed by atoms with Crippen LogP contribution in [0.5, 0.6) is 0 Å². The largest absolute Gasteiger partial charge is 0.353 e. The number of carbonyl (C=O) groups is 4. The van der Waals surface area contributed by atoms with Gasteiger partial charge in [0.15, 0.2) is 10.2 Å². The second-order valence-electron chi connectivity index (χ2n) is 5.63. The zero-order chi connectivity index (χ0) is 18.0. The maximum absolute atomic E-state index is 12.2. The summed E-state index contributed by atoms with van der Waals surface area (Å²) in [6.07, 6.45) is 0. The topological polar surface area (TPSA) is 92.3 Å². The van der Waals surface area contributed by atoms with Gasteiger partial charge < -0.3 is 10.6 Å². The van der Waals surface area contributed by atoms with Gasteiger partial charge in [0.05, 0.1) is 0 Å². The average Bonchev–Trinajstić information content (AvgIpc) is 2.46. The van der Waals surface area contributed by atoms with E-state index in [9.17, 15) is 19.2 Å². The van der Waals surface area contributed by atoms with E-state index in [1.807, 2.05) is 0 Å². The molecule has 2 amide bonds. The number of thioether (sulfide) groups is 2. The van der Waals surface area contributed by atoms with E-state index in [0.29, 0.717) is 12.3 Å². The van der Waals surface area contributed by atoms with Crippen molar-refractivity contribution in [2.75, 3.05) is 18.1 Å². The zero-order valence-electron chi connectivity index (χ0n) is 14.3. The molecule has 0 aromatic rings. The van der Waals surface area contributed by atoms with Gasteiger partial charge in [-0.1, -0.05) is 51.2 Å². The van der Waals surface area contributed by atoms with Crippen molar-refractivity contribution >= 4 is 45.6 Å². The fourth-order valence-electron chi connectivity index (χ4n) is 1.35. The van der Waals surface area contributed by atoms with Gasteiger partial charge in [0.25, 0.3) is 0 Å². The lowest BCUT2D eigenvalue weighted by Crippen LogP contribution is -2.50. The zero-order valence-corrected chi connectivity index (χ0v) is 15.9. The van der Waals surface area contributed by atoms with Gasteiger partial charge >= 0.3 is 0 Å². The first-order valence-electron chi connectivity index (χ1n) is 7.53. The summed E-state index contributed by atoms with van der Waals surface area (Å²) in [5.41, 5.74) is 0. The first kappa shape index (κ1) is 22.0. The summed E-state index contributed by atoms with van der Waals surface area (Å²) < 4.78 is 0. The number of nitrogens with one attached hydrogen (secondary N) is 2. The smallest absolute Gasteiger partial charge is 0.243 e. The summed E-state index contributed by atoms with van der Waals surface area (Å²) in [4.78, 5) is 46.5. The summed E-state index contributed by atoms with van der Waals surface area (Å²) >= 11 is 2.17. The van der Waals surface area contributed by atoms with Crippen LogP contribution in [0.4, 0.5) is 0 Å². The average molecular weight is 363 g/mol. The number of hydrogen-bond donors (Lipinski definition) is 2. The Morgan fingerprint density at radius 2 is 1.52 bits per heavy atom. The van der Waals surface area contributed by atoms with Crippen LogP contribution in [0.25, 0.3) is 0 Å². The quantitative estimate of drug-likeness (QED) is 0.603. The van der Waals surface area contributed by atoms with E-state index in [1.165, 1.54) is 6.92 Å². The predicted molar refractivity (Wildman–Crippen MR) is 95.2 cm³/mol. The lowest BCUT2D eigenvalue weighted by atomic mass is 10.2. The Hall–Kier alpha value is -1.02. The van der Waals surface area contributed by atoms with Crippen LogP contribution in [-0.4, -0.2) is 46.1 Å². The van der Waals surface area contributed by atoms with Gasteiger partial charge in [-0.2, -0.15) is 0 Å². The Morgan fingerprint density at radius 1 is 0.913 bits per heavy atom. The molecule has 2 N–H and O–H groups in total. The SMILES string of the molecule is CC(=O)SCCNC(=O)[C@H](CSC(=O)C(C)C)NC(=O)C(C)C. The Labute approximate surface area is 146 Å². The first-order valence-corrected chi connectivity index (χ1v) is 9.50. The maximum atomic E-state index is 12.2. The summed E-state index contributed by atoms with van der Waals surface area (Å²) in [7, 11) is 0. The summed E-state index contributed by atoms with van der Waals surface area (Å²) in [6.45, 7) is 8.85. The molecule has 0 rings (SSSR count). The summed E-state index contributed by atoms with van der Waals surface area (Å²) in [5, 5.41) is 5.31. The maximum Gasteiger partial charge on any atom is 0.243 e. The van der Waals surface area contributed by atoms with Gasteiger partial charge in [0, 0.05) is 36.8 Å². The summed E-state index contributed by atoms with van der Waals surface area (Å²) in [6, 6.07) is -0.764. The van der Waals surface area contributed by atoms with Gasteiger partial charge in [-0.05, 0) is 0 Å². The van der Waals surface area contributed by atoms with Crippen LogP contribution in [0.2, 0.25) is 0 Å². The van der Waals surface area contributed by atoms with Crippen molar-refractivity contribution in [3.05, 3.63) is 0 Å². The number of amides is 2. The number of carbonyl (C=O) groups excluding carboxylic acids is 4. The molecule has 0 spiro atoms. The minimum atomic E-state index is -0.764. The molecule has 0 saturated carbocycles. The molecule has 0 radical (unpaired) electrons. The van der Waals surface area contributed by atoms with Crippen LogP contribution in [0, 0.1) is 11.8 Å². The second kappa shape index (κ2) is 11.5. The monoisotopic (exact) mass is 362 g/mol. The Morgan fingerprint density at radius 3 is 2.00 bits per heavy atom. The summed E-state index contributed by atoms with van der Waals surface area (Å²) in [5.74, 6) is -0.278. The fraction of sp³-hybridized carbons (Fsp3) is 0.733. The van der Waals surface area contributed by atoms with Crippen LogP contribution < -0.4 is 10.6 Å². The third kappa shape index (κ3) is 10.4. The molecule has 23 heavy (non-hydrogen) atoms. The molecule has 0 aliphatic heterocycles. The van der Waals surface area contributed by atoms with Crippen molar-refractivity contribution in [1.82, 2.24) is 10.6 Å². The van der Waals surface area contributed by atoms with E-state index in [2.05, 4.69) is 10.6 Å². The van der Waals surface area contributed by atoms with Crippen LogP contribution in [-0.2, 0) is 19.2 Å². The van der Waals surface area contributed by atoms with Crippen molar-refractivity contribution in [2.45, 2.75) is 40.7 Å². The standard InChI is InChI=1S/C15H26N2O4S2/c1-9(2)13(19)17-12(8-23-15(21)10(3)4)14(20)16-6-7-22-11(5)18/h9-10,12H,6-8H2,1-5H3,(H,16,20)(H,17,19)/t12-/m0/s1. The highest BCUT2D eigenvalue weighted by Gasteiger charge is 2.23. The third-order valence-electron chi connectivity index (χ3n) is 2.73. The minimum Gasteiger partial charge on any atom is -0.353 e. The molecule has 132 valence electrons. The third-order valence-corrected chi connectivity index (χ3v) is 4.80. The molecule has 0 saturated heterocycles. The molecule has 1 atom stereocenters. The van der Waals surface area contributed by atoms with Gasteiger partial charge in [0.1, 0.15) is 6.04 Å². The van der Waals surface area contributed by atoms with E-state index >= 15 is 0 Å². The van der Waals surface area contributed by atoms with Crippen LogP contribution in [0.15, 0.2) is 0 Å². The van der Waals surface area contributed by atoms with E-state index in [4.69, 9.17) is 0 Å². The molecule has 0 bridgehead atoms. The van der Waals surface area contributed by atoms with E-state index in [-0.39, 0.29) is 39.6 Å². The molecule has 0 aromatic heterocycles. The van der Waals surface area contributed by atoms with Crippen LogP contribution >= 0.6 is 23.5 Å². The Kier molecular flexibility index (Phi) is 11.0.